The molecule has 0 aliphatic heterocycles. The van der Waals surface area contributed by atoms with E-state index in [1.54, 1.807) is 12.3 Å². The maximum absolute atomic E-state index is 13.6. The highest BCUT2D eigenvalue weighted by Crippen LogP contribution is 2.21. The van der Waals surface area contributed by atoms with Crippen LogP contribution < -0.4 is 10.3 Å². The Morgan fingerprint density at radius 2 is 1.77 bits per heavy atom. The number of hydrogen-bond acceptors (Lipinski definition) is 6. The lowest BCUT2D eigenvalue weighted by atomic mass is 10.1. The minimum absolute atomic E-state index is 0.166. The molecule has 0 aliphatic carbocycles. The summed E-state index contributed by atoms with van der Waals surface area (Å²) in [4.78, 5) is 23.3. The lowest BCUT2D eigenvalue weighted by Gasteiger charge is -2.11. The molecule has 0 amide bonds. The average Bonchev–Trinajstić information content (AvgIpc) is 2.83. The van der Waals surface area contributed by atoms with Crippen LogP contribution in [0.3, 0.4) is 0 Å². The predicted molar refractivity (Wildman–Crippen MR) is 129 cm³/mol. The SMILES string of the molecule is CN(C)CCCOc1ccnc(-c2cccc(Cn3nc(-c4cc(F)cc(F)c4)ccc3=O)c2)n1. The van der Waals surface area contributed by atoms with Crippen LogP contribution in [0.1, 0.15) is 12.0 Å². The van der Waals surface area contributed by atoms with Crippen molar-refractivity contribution < 1.29 is 13.5 Å². The third-order valence-electron chi connectivity index (χ3n) is 5.17. The van der Waals surface area contributed by atoms with Crippen LogP contribution in [0.5, 0.6) is 5.88 Å². The molecule has 0 saturated heterocycles. The fourth-order valence-electron chi connectivity index (χ4n) is 3.52. The fraction of sp³-hybridized carbons (Fsp3) is 0.231. The highest BCUT2D eigenvalue weighted by Gasteiger charge is 2.09. The molecule has 0 bridgehead atoms. The van der Waals surface area contributed by atoms with E-state index in [1.807, 2.05) is 38.4 Å². The molecule has 0 aliphatic rings. The first kappa shape index (κ1) is 24.2. The predicted octanol–water partition coefficient (Wildman–Crippen LogP) is 4.02. The monoisotopic (exact) mass is 477 g/mol. The lowest BCUT2D eigenvalue weighted by Crippen LogP contribution is -2.22. The second kappa shape index (κ2) is 11.0. The maximum atomic E-state index is 13.6. The third-order valence-corrected chi connectivity index (χ3v) is 5.17. The zero-order valence-electron chi connectivity index (χ0n) is 19.5. The van der Waals surface area contributed by atoms with Gasteiger partial charge in [0.1, 0.15) is 11.6 Å². The van der Waals surface area contributed by atoms with E-state index in [4.69, 9.17) is 4.74 Å². The second-order valence-corrected chi connectivity index (χ2v) is 8.30. The molecule has 180 valence electrons. The molecule has 2 heterocycles. The number of nitrogens with zero attached hydrogens (tertiary/aromatic N) is 5. The summed E-state index contributed by atoms with van der Waals surface area (Å²) in [5, 5.41) is 4.31. The fourth-order valence-corrected chi connectivity index (χ4v) is 3.52. The van der Waals surface area contributed by atoms with Crippen LogP contribution in [0.15, 0.2) is 71.7 Å². The topological polar surface area (TPSA) is 73.1 Å². The Kier molecular flexibility index (Phi) is 7.57. The molecule has 0 spiro atoms. The Hall–Kier alpha value is -3.98. The summed E-state index contributed by atoms with van der Waals surface area (Å²) in [6.45, 7) is 1.64. The number of ether oxygens (including phenoxy) is 1. The summed E-state index contributed by atoms with van der Waals surface area (Å²) < 4.78 is 34.3. The smallest absolute Gasteiger partial charge is 0.267 e. The van der Waals surface area contributed by atoms with Crippen molar-refractivity contribution in [1.29, 1.82) is 0 Å². The minimum atomic E-state index is -0.712. The van der Waals surface area contributed by atoms with E-state index in [-0.39, 0.29) is 17.7 Å². The second-order valence-electron chi connectivity index (χ2n) is 8.30. The van der Waals surface area contributed by atoms with Crippen LogP contribution >= 0.6 is 0 Å². The van der Waals surface area contributed by atoms with Crippen molar-refractivity contribution in [2.75, 3.05) is 27.2 Å². The van der Waals surface area contributed by atoms with Crippen LogP contribution in [0.25, 0.3) is 22.6 Å². The van der Waals surface area contributed by atoms with Crippen molar-refractivity contribution in [3.8, 4) is 28.5 Å². The first-order valence-corrected chi connectivity index (χ1v) is 11.1. The number of aromatic nitrogens is 4. The molecule has 0 saturated carbocycles. The van der Waals surface area contributed by atoms with Gasteiger partial charge in [-0.25, -0.2) is 18.4 Å². The van der Waals surface area contributed by atoms with E-state index in [2.05, 4.69) is 20.0 Å². The Balaban J connectivity index is 1.53. The zero-order valence-corrected chi connectivity index (χ0v) is 19.5. The van der Waals surface area contributed by atoms with Gasteiger partial charge in [-0.05, 0) is 50.3 Å². The summed E-state index contributed by atoms with van der Waals surface area (Å²) in [6.07, 6.45) is 2.52. The molecular weight excluding hydrogens is 452 g/mol. The molecule has 4 rings (SSSR count). The first-order valence-electron chi connectivity index (χ1n) is 11.1. The van der Waals surface area contributed by atoms with Gasteiger partial charge in [-0.1, -0.05) is 18.2 Å². The first-order chi connectivity index (χ1) is 16.9. The van der Waals surface area contributed by atoms with Gasteiger partial charge in [0.2, 0.25) is 5.88 Å². The summed E-state index contributed by atoms with van der Waals surface area (Å²) in [5.74, 6) is -0.430. The Morgan fingerprint density at radius 3 is 2.54 bits per heavy atom. The molecule has 0 fully saturated rings. The highest BCUT2D eigenvalue weighted by atomic mass is 19.1. The van der Waals surface area contributed by atoms with Crippen molar-refractivity contribution in [1.82, 2.24) is 24.6 Å². The third kappa shape index (κ3) is 6.54. The van der Waals surface area contributed by atoms with Crippen LogP contribution in [0.2, 0.25) is 0 Å². The van der Waals surface area contributed by atoms with Crippen molar-refractivity contribution in [2.45, 2.75) is 13.0 Å². The molecule has 4 aromatic rings. The standard InChI is InChI=1S/C26H25F2N5O2/c1-32(2)11-4-12-35-24-9-10-29-26(30-24)19-6-3-5-18(13-19)17-33-25(34)8-7-23(31-33)20-14-21(27)16-22(28)15-20/h3,5-10,13-16H,4,11-12,17H2,1-2H3. The molecule has 2 aromatic heterocycles. The summed E-state index contributed by atoms with van der Waals surface area (Å²) in [7, 11) is 4.02. The Bertz CT molecular complexity index is 1350. The number of hydrogen-bond donors (Lipinski definition) is 0. The van der Waals surface area contributed by atoms with E-state index in [0.29, 0.717) is 24.0 Å². The lowest BCUT2D eigenvalue weighted by molar-refractivity contribution is 0.273. The van der Waals surface area contributed by atoms with Gasteiger partial charge in [0.25, 0.3) is 5.56 Å². The van der Waals surface area contributed by atoms with E-state index in [1.165, 1.54) is 28.9 Å². The van der Waals surface area contributed by atoms with Gasteiger partial charge in [0, 0.05) is 42.1 Å². The van der Waals surface area contributed by atoms with E-state index in [0.717, 1.165) is 30.2 Å². The summed E-state index contributed by atoms with van der Waals surface area (Å²) in [5.41, 5.74) is 1.76. The van der Waals surface area contributed by atoms with Gasteiger partial charge in [0.15, 0.2) is 5.82 Å². The molecule has 0 radical (unpaired) electrons. The minimum Gasteiger partial charge on any atom is -0.478 e. The van der Waals surface area contributed by atoms with Crippen LogP contribution in [0, 0.1) is 11.6 Å². The highest BCUT2D eigenvalue weighted by molar-refractivity contribution is 5.58. The molecule has 7 nitrogen and oxygen atoms in total. The summed E-state index contributed by atoms with van der Waals surface area (Å²) >= 11 is 0. The molecule has 0 atom stereocenters. The number of rotatable bonds is 9. The van der Waals surface area contributed by atoms with E-state index < -0.39 is 11.6 Å². The van der Waals surface area contributed by atoms with Crippen LogP contribution in [-0.2, 0) is 6.54 Å². The van der Waals surface area contributed by atoms with Crippen molar-refractivity contribution >= 4 is 0 Å². The molecular formula is C26H25F2N5O2. The largest absolute Gasteiger partial charge is 0.478 e. The normalized spacial score (nSPS) is 11.1. The zero-order chi connectivity index (χ0) is 24.8. The maximum Gasteiger partial charge on any atom is 0.267 e. The van der Waals surface area contributed by atoms with Gasteiger partial charge in [-0.3, -0.25) is 4.79 Å². The van der Waals surface area contributed by atoms with Gasteiger partial charge < -0.3 is 9.64 Å². The van der Waals surface area contributed by atoms with Gasteiger partial charge in [0.05, 0.1) is 18.8 Å². The average molecular weight is 478 g/mol. The molecule has 9 heteroatoms. The molecule has 0 N–H and O–H groups in total. The van der Waals surface area contributed by atoms with E-state index in [9.17, 15) is 13.6 Å². The Labute approximate surface area is 201 Å². The van der Waals surface area contributed by atoms with Gasteiger partial charge in [-0.15, -0.1) is 0 Å². The summed E-state index contributed by atoms with van der Waals surface area (Å²) in [6, 6.07) is 15.1. The molecule has 0 unspecified atom stereocenters. The molecule has 35 heavy (non-hydrogen) atoms. The van der Waals surface area contributed by atoms with Crippen molar-refractivity contribution in [3.05, 3.63) is 94.4 Å². The van der Waals surface area contributed by atoms with Crippen molar-refractivity contribution in [3.63, 3.8) is 0 Å². The van der Waals surface area contributed by atoms with Gasteiger partial charge >= 0.3 is 0 Å². The quantitative estimate of drug-likeness (QED) is 0.339. The number of benzene rings is 2. The molecule has 2 aromatic carbocycles. The van der Waals surface area contributed by atoms with E-state index >= 15 is 0 Å². The van der Waals surface area contributed by atoms with Crippen LogP contribution in [0.4, 0.5) is 8.78 Å². The van der Waals surface area contributed by atoms with Gasteiger partial charge in [-0.2, -0.15) is 10.1 Å². The van der Waals surface area contributed by atoms with Crippen molar-refractivity contribution in [2.24, 2.45) is 0 Å². The number of halogens is 2. The Morgan fingerprint density at radius 1 is 0.971 bits per heavy atom. The van der Waals surface area contributed by atoms with Crippen LogP contribution in [-0.4, -0.2) is 51.9 Å².